The van der Waals surface area contributed by atoms with Gasteiger partial charge >= 0.3 is 0 Å². The van der Waals surface area contributed by atoms with Crippen LogP contribution in [0.15, 0.2) is 22.6 Å². The fourth-order valence-corrected chi connectivity index (χ4v) is 6.42. The lowest BCUT2D eigenvalue weighted by Gasteiger charge is -2.33. The van der Waals surface area contributed by atoms with Gasteiger partial charge in [0.25, 0.3) is 5.56 Å². The van der Waals surface area contributed by atoms with E-state index in [1.807, 2.05) is 10.6 Å². The van der Waals surface area contributed by atoms with Crippen LogP contribution in [-0.2, 0) is 19.4 Å². The van der Waals surface area contributed by atoms with E-state index in [-0.39, 0.29) is 5.56 Å². The van der Waals surface area contributed by atoms with Crippen LogP contribution in [0.3, 0.4) is 0 Å². The molecule has 1 atom stereocenters. The Morgan fingerprint density at radius 3 is 2.79 bits per heavy atom. The zero-order chi connectivity index (χ0) is 20.3. The second-order valence-electron chi connectivity index (χ2n) is 9.00. The number of unbranched alkanes of at least 4 members (excludes halogenated alkanes) is 3. The second-order valence-corrected chi connectivity index (χ2v) is 11.1. The number of rotatable bonds is 8. The molecule has 0 aromatic carbocycles. The highest BCUT2D eigenvalue weighted by atomic mass is 32.2. The Hall–Kier alpha value is -1.07. The topological polar surface area (TPSA) is 34.9 Å². The van der Waals surface area contributed by atoms with Crippen molar-refractivity contribution in [1.82, 2.24) is 9.55 Å². The molecular weight excluding hydrogens is 384 g/mol. The lowest BCUT2D eigenvalue weighted by molar-refractivity contribution is 0.218. The van der Waals surface area contributed by atoms with E-state index in [4.69, 9.17) is 4.98 Å². The van der Waals surface area contributed by atoms with Crippen molar-refractivity contribution in [2.45, 2.75) is 84.3 Å². The third-order valence-electron chi connectivity index (χ3n) is 5.90. The van der Waals surface area contributed by atoms with Gasteiger partial charge < -0.3 is 0 Å². The quantitative estimate of drug-likeness (QED) is 0.213. The predicted molar refractivity (Wildman–Crippen MR) is 124 cm³/mol. The summed E-state index contributed by atoms with van der Waals surface area (Å²) in [7, 11) is 0. The summed E-state index contributed by atoms with van der Waals surface area (Å²) >= 11 is 3.49. The third kappa shape index (κ3) is 4.56. The molecule has 0 radical (unpaired) electrons. The van der Waals surface area contributed by atoms with Crippen molar-refractivity contribution < 1.29 is 0 Å². The van der Waals surface area contributed by atoms with Crippen LogP contribution in [-0.4, -0.2) is 15.3 Å². The molecule has 0 saturated carbocycles. The number of nitrogens with zero attached hydrogens (tertiary/aromatic N) is 2. The number of thiophene rings is 1. The lowest BCUT2D eigenvalue weighted by Crippen LogP contribution is -2.27. The minimum Gasteiger partial charge on any atom is -0.283 e. The largest absolute Gasteiger partial charge is 0.283 e. The summed E-state index contributed by atoms with van der Waals surface area (Å²) in [6.45, 7) is 13.6. The molecule has 0 saturated heterocycles. The fourth-order valence-electron chi connectivity index (χ4n) is 4.07. The molecule has 3 nitrogen and oxygen atoms in total. The van der Waals surface area contributed by atoms with E-state index >= 15 is 0 Å². The molecule has 0 aliphatic heterocycles. The second kappa shape index (κ2) is 9.17. The van der Waals surface area contributed by atoms with E-state index in [0.29, 0.717) is 17.9 Å². The molecule has 1 unspecified atom stereocenters. The van der Waals surface area contributed by atoms with E-state index in [1.54, 1.807) is 23.1 Å². The van der Waals surface area contributed by atoms with Gasteiger partial charge in [0.15, 0.2) is 5.16 Å². The Kier molecular flexibility index (Phi) is 7.08. The smallest absolute Gasteiger partial charge is 0.263 e. The number of hydrogen-bond acceptors (Lipinski definition) is 4. The molecule has 1 aliphatic carbocycles. The van der Waals surface area contributed by atoms with Crippen molar-refractivity contribution in [3.63, 3.8) is 0 Å². The molecular formula is C23H34N2OS2. The van der Waals surface area contributed by atoms with Crippen molar-refractivity contribution in [3.05, 3.63) is 33.4 Å². The summed E-state index contributed by atoms with van der Waals surface area (Å²) < 4.78 is 1.84. The first-order chi connectivity index (χ1) is 13.4. The highest BCUT2D eigenvalue weighted by Gasteiger charge is 2.32. The van der Waals surface area contributed by atoms with Gasteiger partial charge in [-0.3, -0.25) is 9.36 Å². The Labute approximate surface area is 177 Å². The first-order valence-electron chi connectivity index (χ1n) is 10.7. The molecule has 2 aromatic heterocycles. The van der Waals surface area contributed by atoms with E-state index in [2.05, 4.69) is 34.3 Å². The third-order valence-corrected chi connectivity index (χ3v) is 8.11. The monoisotopic (exact) mass is 418 g/mol. The first kappa shape index (κ1) is 21.6. The molecule has 0 N–H and O–H groups in total. The summed E-state index contributed by atoms with van der Waals surface area (Å²) in [5.74, 6) is 1.70. The van der Waals surface area contributed by atoms with Gasteiger partial charge in [0, 0.05) is 17.2 Å². The minimum absolute atomic E-state index is 0.132. The molecule has 2 heterocycles. The maximum atomic E-state index is 13.4. The van der Waals surface area contributed by atoms with Gasteiger partial charge in [0.2, 0.25) is 0 Å². The molecule has 2 aromatic rings. The summed E-state index contributed by atoms with van der Waals surface area (Å²) in [6.07, 6.45) is 10.0. The summed E-state index contributed by atoms with van der Waals surface area (Å²) in [4.78, 5) is 20.7. The van der Waals surface area contributed by atoms with Crippen LogP contribution in [0, 0.1) is 11.3 Å². The SMILES string of the molecule is C=CCn1c(SCCCCCC)nc2sc3c(c2c1=O)CCC(C(C)(C)C)C3. The maximum Gasteiger partial charge on any atom is 0.263 e. The van der Waals surface area contributed by atoms with Crippen LogP contribution in [0.1, 0.15) is 70.2 Å². The molecule has 154 valence electrons. The first-order valence-corrected chi connectivity index (χ1v) is 12.5. The van der Waals surface area contributed by atoms with Crippen LogP contribution in [0.5, 0.6) is 0 Å². The minimum atomic E-state index is 0.132. The van der Waals surface area contributed by atoms with Crippen molar-refractivity contribution >= 4 is 33.3 Å². The number of thioether (sulfide) groups is 1. The van der Waals surface area contributed by atoms with Crippen molar-refractivity contribution in [3.8, 4) is 0 Å². The highest BCUT2D eigenvalue weighted by Crippen LogP contribution is 2.42. The number of aromatic nitrogens is 2. The number of allylic oxidation sites excluding steroid dienone is 1. The Morgan fingerprint density at radius 1 is 1.32 bits per heavy atom. The average molecular weight is 419 g/mol. The van der Waals surface area contributed by atoms with Crippen LogP contribution in [0.4, 0.5) is 0 Å². The molecule has 0 fully saturated rings. The van der Waals surface area contributed by atoms with E-state index in [1.165, 1.54) is 36.1 Å². The molecule has 0 spiro atoms. The van der Waals surface area contributed by atoms with Gasteiger partial charge in [-0.1, -0.05) is 64.8 Å². The van der Waals surface area contributed by atoms with E-state index < -0.39 is 0 Å². The zero-order valence-electron chi connectivity index (χ0n) is 17.8. The lowest BCUT2D eigenvalue weighted by atomic mass is 9.72. The van der Waals surface area contributed by atoms with Gasteiger partial charge in [-0.25, -0.2) is 4.98 Å². The van der Waals surface area contributed by atoms with Crippen LogP contribution >= 0.6 is 23.1 Å². The van der Waals surface area contributed by atoms with Crippen molar-refractivity contribution in [2.75, 3.05) is 5.75 Å². The van der Waals surface area contributed by atoms with Crippen molar-refractivity contribution in [2.24, 2.45) is 11.3 Å². The molecule has 3 rings (SSSR count). The van der Waals surface area contributed by atoms with Crippen LogP contribution < -0.4 is 5.56 Å². The van der Waals surface area contributed by atoms with Gasteiger partial charge in [0.05, 0.1) is 5.39 Å². The maximum absolute atomic E-state index is 13.4. The molecule has 0 bridgehead atoms. The standard InChI is InChI=1S/C23H34N2OS2/c1-6-8-9-10-14-27-22-24-20-19(21(26)25(22)13-7-2)17-12-11-16(23(3,4)5)15-18(17)28-20/h7,16H,2,6,8-15H2,1,3-5H3. The highest BCUT2D eigenvalue weighted by molar-refractivity contribution is 7.99. The Morgan fingerprint density at radius 2 is 2.11 bits per heavy atom. The van der Waals surface area contributed by atoms with Gasteiger partial charge in [0.1, 0.15) is 4.83 Å². The summed E-state index contributed by atoms with van der Waals surface area (Å²) in [5, 5.41) is 1.74. The van der Waals surface area contributed by atoms with Crippen molar-refractivity contribution in [1.29, 1.82) is 0 Å². The zero-order valence-corrected chi connectivity index (χ0v) is 19.5. The number of aryl methyl sites for hydroxylation is 1. The molecule has 5 heteroatoms. The van der Waals surface area contributed by atoms with Gasteiger partial charge in [-0.15, -0.1) is 17.9 Å². The van der Waals surface area contributed by atoms with Crippen LogP contribution in [0.2, 0.25) is 0 Å². The summed E-state index contributed by atoms with van der Waals surface area (Å²) in [6, 6.07) is 0. The van der Waals surface area contributed by atoms with Crippen LogP contribution in [0.25, 0.3) is 10.2 Å². The molecule has 1 aliphatic rings. The number of hydrogen-bond donors (Lipinski definition) is 0. The fraction of sp³-hybridized carbons (Fsp3) is 0.652. The normalized spacial score (nSPS) is 17.1. The summed E-state index contributed by atoms with van der Waals surface area (Å²) in [5.41, 5.74) is 1.71. The predicted octanol–water partition coefficient (Wildman–Crippen LogP) is 6.47. The Bertz CT molecular complexity index is 889. The van der Waals surface area contributed by atoms with Gasteiger partial charge in [-0.05, 0) is 42.6 Å². The molecule has 0 amide bonds. The van der Waals surface area contributed by atoms with E-state index in [9.17, 15) is 4.79 Å². The Balaban J connectivity index is 1.94. The molecule has 28 heavy (non-hydrogen) atoms. The van der Waals surface area contributed by atoms with Gasteiger partial charge in [-0.2, -0.15) is 0 Å². The number of fused-ring (bicyclic) bond motifs is 3. The van der Waals surface area contributed by atoms with E-state index in [0.717, 1.165) is 40.4 Å². The average Bonchev–Trinajstić information content (AvgIpc) is 3.01.